The molecule has 1 amide bonds. The topological polar surface area (TPSA) is 55.6 Å². The van der Waals surface area contributed by atoms with Crippen molar-refractivity contribution in [1.82, 2.24) is 14.7 Å². The normalized spacial score (nSPS) is 16.2. The number of hydrogen-bond acceptors (Lipinski definition) is 4. The van der Waals surface area contributed by atoms with Gasteiger partial charge in [0.25, 0.3) is 5.91 Å². The number of nitrogens with one attached hydrogen (secondary N) is 1. The van der Waals surface area contributed by atoms with E-state index in [4.69, 9.17) is 4.74 Å². The predicted molar refractivity (Wildman–Crippen MR) is 115 cm³/mol. The molecule has 0 radical (unpaired) electrons. The quantitative estimate of drug-likeness (QED) is 0.577. The molecule has 3 heterocycles. The molecule has 146 valence electrons. The van der Waals surface area contributed by atoms with Crippen LogP contribution in [-0.2, 0) is 10.2 Å². The minimum atomic E-state index is -0.132. The molecular formula is C21H22BrN3O2S. The van der Waals surface area contributed by atoms with Crippen molar-refractivity contribution >= 4 is 39.1 Å². The van der Waals surface area contributed by atoms with Gasteiger partial charge in [-0.05, 0) is 48.9 Å². The van der Waals surface area contributed by atoms with Crippen molar-refractivity contribution in [3.63, 3.8) is 0 Å². The lowest BCUT2D eigenvalue weighted by molar-refractivity contribution is 0.0487. The molecule has 1 N–H and O–H groups in total. The summed E-state index contributed by atoms with van der Waals surface area (Å²) in [6, 6.07) is 14.2. The van der Waals surface area contributed by atoms with E-state index in [2.05, 4.69) is 50.5 Å². The largest absolute Gasteiger partial charge is 0.381 e. The Morgan fingerprint density at radius 3 is 2.71 bits per heavy atom. The Morgan fingerprint density at radius 1 is 1.25 bits per heavy atom. The summed E-state index contributed by atoms with van der Waals surface area (Å²) in [5.41, 5.74) is 2.42. The fourth-order valence-electron chi connectivity index (χ4n) is 3.79. The number of pyridine rings is 1. The van der Waals surface area contributed by atoms with E-state index in [0.29, 0.717) is 25.5 Å². The number of aromatic nitrogens is 2. The summed E-state index contributed by atoms with van der Waals surface area (Å²) in [6.07, 6.45) is 5.67. The molecule has 4 rings (SSSR count). The molecule has 28 heavy (non-hydrogen) atoms. The van der Waals surface area contributed by atoms with Crippen molar-refractivity contribution < 1.29 is 9.53 Å². The Kier molecular flexibility index (Phi) is 5.75. The summed E-state index contributed by atoms with van der Waals surface area (Å²) >= 11 is 5.04. The zero-order valence-electron chi connectivity index (χ0n) is 15.7. The van der Waals surface area contributed by atoms with Crippen LogP contribution in [0.2, 0.25) is 0 Å². The van der Waals surface area contributed by atoms with E-state index in [-0.39, 0.29) is 11.3 Å². The van der Waals surface area contributed by atoms with Gasteiger partial charge in [0.05, 0.1) is 5.52 Å². The second-order valence-corrected chi connectivity index (χ2v) is 8.67. The summed E-state index contributed by atoms with van der Waals surface area (Å²) in [6.45, 7) is 1.98. The van der Waals surface area contributed by atoms with Crippen LogP contribution in [0, 0.1) is 0 Å². The number of imidazole rings is 1. The van der Waals surface area contributed by atoms with E-state index in [1.807, 2.05) is 35.1 Å². The molecule has 0 saturated carbocycles. The first kappa shape index (κ1) is 19.5. The van der Waals surface area contributed by atoms with Crippen LogP contribution in [0.5, 0.6) is 0 Å². The van der Waals surface area contributed by atoms with E-state index in [1.54, 1.807) is 0 Å². The molecule has 0 bridgehead atoms. The molecule has 0 aliphatic carbocycles. The SMILES string of the molecule is CSc1nc(C(=O)NCC2(c3ccc(Br)cc3)CCOCC2)c2ccccn12. The maximum Gasteiger partial charge on any atom is 0.272 e. The minimum absolute atomic E-state index is 0.119. The Hall–Kier alpha value is -1.83. The van der Waals surface area contributed by atoms with Gasteiger partial charge in [0.15, 0.2) is 10.9 Å². The second kappa shape index (κ2) is 8.27. The Labute approximate surface area is 177 Å². The molecule has 1 aliphatic rings. The van der Waals surface area contributed by atoms with Gasteiger partial charge in [-0.3, -0.25) is 9.20 Å². The predicted octanol–water partition coefficient (Wildman–Crippen LogP) is 4.30. The molecule has 2 aromatic heterocycles. The van der Waals surface area contributed by atoms with Crippen LogP contribution in [0.15, 0.2) is 58.3 Å². The molecule has 3 aromatic rings. The Bertz CT molecular complexity index is 981. The van der Waals surface area contributed by atoms with Gasteiger partial charge in [0, 0.05) is 35.8 Å². The summed E-state index contributed by atoms with van der Waals surface area (Å²) in [7, 11) is 0. The fraction of sp³-hybridized carbons (Fsp3) is 0.333. The van der Waals surface area contributed by atoms with Crippen LogP contribution in [0.4, 0.5) is 0 Å². The van der Waals surface area contributed by atoms with Crippen molar-refractivity contribution in [3.05, 3.63) is 64.4 Å². The minimum Gasteiger partial charge on any atom is -0.381 e. The molecule has 1 saturated heterocycles. The van der Waals surface area contributed by atoms with Gasteiger partial charge in [0.2, 0.25) is 0 Å². The van der Waals surface area contributed by atoms with Gasteiger partial charge in [-0.25, -0.2) is 4.98 Å². The smallest absolute Gasteiger partial charge is 0.272 e. The number of benzene rings is 1. The highest BCUT2D eigenvalue weighted by Gasteiger charge is 2.35. The molecule has 1 aliphatic heterocycles. The first-order valence-electron chi connectivity index (χ1n) is 9.26. The average Bonchev–Trinajstić information content (AvgIpc) is 3.12. The highest BCUT2D eigenvalue weighted by Crippen LogP contribution is 2.35. The van der Waals surface area contributed by atoms with Crippen LogP contribution in [0.25, 0.3) is 5.52 Å². The summed E-state index contributed by atoms with van der Waals surface area (Å²) in [5, 5.41) is 3.98. The van der Waals surface area contributed by atoms with Crippen molar-refractivity contribution in [2.24, 2.45) is 0 Å². The van der Waals surface area contributed by atoms with Gasteiger partial charge in [0.1, 0.15) is 0 Å². The molecule has 5 nitrogen and oxygen atoms in total. The Morgan fingerprint density at radius 2 is 2.00 bits per heavy atom. The van der Waals surface area contributed by atoms with Gasteiger partial charge in [-0.2, -0.15) is 0 Å². The van der Waals surface area contributed by atoms with Gasteiger partial charge in [-0.1, -0.05) is 45.9 Å². The number of thioether (sulfide) groups is 1. The lowest BCUT2D eigenvalue weighted by atomic mass is 9.74. The van der Waals surface area contributed by atoms with E-state index < -0.39 is 0 Å². The lowest BCUT2D eigenvalue weighted by Gasteiger charge is -2.38. The summed E-state index contributed by atoms with van der Waals surface area (Å²) < 4.78 is 8.61. The Balaban J connectivity index is 1.59. The highest BCUT2D eigenvalue weighted by atomic mass is 79.9. The molecule has 0 atom stereocenters. The average molecular weight is 460 g/mol. The monoisotopic (exact) mass is 459 g/mol. The third kappa shape index (κ3) is 3.71. The van der Waals surface area contributed by atoms with Gasteiger partial charge in [-0.15, -0.1) is 0 Å². The van der Waals surface area contributed by atoms with Gasteiger partial charge >= 0.3 is 0 Å². The number of amides is 1. The zero-order valence-corrected chi connectivity index (χ0v) is 18.1. The van der Waals surface area contributed by atoms with Gasteiger partial charge < -0.3 is 10.1 Å². The maximum absolute atomic E-state index is 13.0. The fourth-order valence-corrected chi connectivity index (χ4v) is 4.59. The van der Waals surface area contributed by atoms with Crippen LogP contribution >= 0.6 is 27.7 Å². The van der Waals surface area contributed by atoms with E-state index >= 15 is 0 Å². The van der Waals surface area contributed by atoms with Crippen LogP contribution in [0.3, 0.4) is 0 Å². The first-order chi connectivity index (χ1) is 13.6. The molecule has 1 fully saturated rings. The number of ether oxygens (including phenoxy) is 1. The van der Waals surface area contributed by atoms with E-state index in [1.165, 1.54) is 17.3 Å². The van der Waals surface area contributed by atoms with Crippen molar-refractivity contribution in [2.45, 2.75) is 23.4 Å². The first-order valence-corrected chi connectivity index (χ1v) is 11.3. The van der Waals surface area contributed by atoms with Crippen LogP contribution in [-0.4, -0.2) is 41.3 Å². The van der Waals surface area contributed by atoms with E-state index in [9.17, 15) is 4.79 Å². The highest BCUT2D eigenvalue weighted by molar-refractivity contribution is 9.10. The summed E-state index contributed by atoms with van der Waals surface area (Å²) in [5.74, 6) is -0.132. The van der Waals surface area contributed by atoms with E-state index in [0.717, 1.165) is 28.0 Å². The van der Waals surface area contributed by atoms with Crippen LogP contribution < -0.4 is 5.32 Å². The molecule has 0 unspecified atom stereocenters. The molecule has 0 spiro atoms. The zero-order chi connectivity index (χ0) is 19.6. The lowest BCUT2D eigenvalue weighted by Crippen LogP contribution is -2.44. The number of nitrogens with zero attached hydrogens (tertiary/aromatic N) is 2. The number of hydrogen-bond donors (Lipinski definition) is 1. The van der Waals surface area contributed by atoms with Crippen molar-refractivity contribution in [3.8, 4) is 0 Å². The van der Waals surface area contributed by atoms with Crippen LogP contribution in [0.1, 0.15) is 28.9 Å². The summed E-state index contributed by atoms with van der Waals surface area (Å²) in [4.78, 5) is 17.6. The molecule has 1 aromatic carbocycles. The third-order valence-electron chi connectivity index (χ3n) is 5.41. The maximum atomic E-state index is 13.0. The third-order valence-corrected chi connectivity index (χ3v) is 6.59. The second-order valence-electron chi connectivity index (χ2n) is 6.99. The number of fused-ring (bicyclic) bond motifs is 1. The van der Waals surface area contributed by atoms with Crippen molar-refractivity contribution in [1.29, 1.82) is 0 Å². The number of carbonyl (C=O) groups is 1. The standard InChI is InChI=1S/C21H22BrN3O2S/c1-28-20-24-18(17-4-2-3-11-25(17)20)19(26)23-14-21(9-12-27-13-10-21)15-5-7-16(22)8-6-15/h2-8,11H,9-10,12-14H2,1H3,(H,23,26). The van der Waals surface area contributed by atoms with Crippen molar-refractivity contribution in [2.75, 3.05) is 26.0 Å². The molecular weight excluding hydrogens is 438 g/mol. The number of halogens is 1. The number of rotatable bonds is 5. The molecule has 7 heteroatoms. The number of carbonyl (C=O) groups excluding carboxylic acids is 1.